The van der Waals surface area contributed by atoms with Crippen molar-refractivity contribution in [3.05, 3.63) is 76.2 Å². The molecule has 0 fully saturated rings. The van der Waals surface area contributed by atoms with Crippen LogP contribution in [-0.4, -0.2) is 18.3 Å². The second kappa shape index (κ2) is 20.4. The van der Waals surface area contributed by atoms with Crippen LogP contribution in [0.15, 0.2) is 59.6 Å². The van der Waals surface area contributed by atoms with E-state index in [2.05, 4.69) is 16.8 Å². The molecule has 2 aromatic carbocycles. The van der Waals surface area contributed by atoms with Gasteiger partial charge in [-0.3, -0.25) is 9.59 Å². The predicted octanol–water partition coefficient (Wildman–Crippen LogP) is 5.55. The summed E-state index contributed by atoms with van der Waals surface area (Å²) in [6, 6.07) is 13.4. The van der Waals surface area contributed by atoms with Crippen LogP contribution in [0.2, 0.25) is 0 Å². The van der Waals surface area contributed by atoms with Crippen molar-refractivity contribution in [1.29, 1.82) is 0 Å². The van der Waals surface area contributed by atoms with Gasteiger partial charge in [0.1, 0.15) is 5.75 Å². The molecule has 0 aliphatic rings. The van der Waals surface area contributed by atoms with Crippen LogP contribution < -0.4 is 31.6 Å². The van der Waals surface area contributed by atoms with Crippen molar-refractivity contribution in [2.75, 3.05) is 11.9 Å². The number of para-hydroxylation sites is 2. The molecule has 0 radical (unpaired) electrons. The van der Waals surface area contributed by atoms with Crippen LogP contribution in [0.5, 0.6) is 5.75 Å². The minimum atomic E-state index is -0.126. The summed E-state index contributed by atoms with van der Waals surface area (Å²) in [7, 11) is 0. The zero-order valence-electron chi connectivity index (χ0n) is 24.8. The molecule has 3 aromatic rings. The van der Waals surface area contributed by atoms with Crippen LogP contribution in [0, 0.1) is 0 Å². The maximum atomic E-state index is 13.1. The number of ketones is 1. The van der Waals surface area contributed by atoms with E-state index in [4.69, 9.17) is 4.74 Å². The lowest BCUT2D eigenvalue weighted by molar-refractivity contribution is -0.683. The van der Waals surface area contributed by atoms with Crippen molar-refractivity contribution >= 4 is 28.7 Å². The molecule has 41 heavy (non-hydrogen) atoms. The average molecular weight is 644 g/mol. The highest BCUT2D eigenvalue weighted by atomic mass is 79.9. The van der Waals surface area contributed by atoms with Crippen molar-refractivity contribution < 1.29 is 35.9 Å². The number of rotatable bonds is 20. The number of unbranched alkanes of at least 4 members (excludes halogenated alkanes) is 11. The van der Waals surface area contributed by atoms with Crippen molar-refractivity contribution in [3.63, 3.8) is 0 Å². The Labute approximate surface area is 261 Å². The van der Waals surface area contributed by atoms with E-state index in [1.54, 1.807) is 24.3 Å². The average Bonchev–Trinajstić information content (AvgIpc) is 3.46. The first-order valence-electron chi connectivity index (χ1n) is 15.1. The maximum Gasteiger partial charge on any atom is 0.228 e. The Morgan fingerprint density at radius 3 is 2.10 bits per heavy atom. The number of carbonyl (C=O) groups is 2. The number of thiazole rings is 1. The molecule has 0 aliphatic heterocycles. The fourth-order valence-corrected chi connectivity index (χ4v) is 5.58. The first-order valence-corrected chi connectivity index (χ1v) is 16.1. The predicted molar refractivity (Wildman–Crippen MR) is 165 cm³/mol. The molecular formula is C34H47BrN2O3S. The lowest BCUT2D eigenvalue weighted by Crippen LogP contribution is -3.00. The molecule has 1 aromatic heterocycles. The second-order valence-corrected chi connectivity index (χ2v) is 11.4. The van der Waals surface area contributed by atoms with E-state index >= 15 is 0 Å². The van der Waals surface area contributed by atoms with Crippen molar-refractivity contribution in [2.45, 2.75) is 104 Å². The van der Waals surface area contributed by atoms with Gasteiger partial charge in [0.2, 0.25) is 11.4 Å². The molecule has 0 saturated carbocycles. The summed E-state index contributed by atoms with van der Waals surface area (Å²) in [4.78, 5) is 25.4. The third-order valence-corrected chi connectivity index (χ3v) is 7.91. The molecule has 0 atom stereocenters. The number of benzene rings is 2. The summed E-state index contributed by atoms with van der Waals surface area (Å²) in [6.07, 6.45) is 17.6. The highest BCUT2D eigenvalue weighted by Crippen LogP contribution is 2.27. The molecule has 1 amide bonds. The largest absolute Gasteiger partial charge is 1.00 e. The number of amides is 1. The van der Waals surface area contributed by atoms with E-state index in [-0.39, 0.29) is 35.1 Å². The normalized spacial score (nSPS) is 10.7. The highest BCUT2D eigenvalue weighted by Gasteiger charge is 2.17. The third kappa shape index (κ3) is 12.9. The van der Waals surface area contributed by atoms with Gasteiger partial charge in [-0.05, 0) is 25.5 Å². The Morgan fingerprint density at radius 1 is 0.829 bits per heavy atom. The number of carbonyl (C=O) groups excluding carboxylic acids is 2. The van der Waals surface area contributed by atoms with E-state index in [9.17, 15) is 9.59 Å². The van der Waals surface area contributed by atoms with Crippen LogP contribution >= 0.6 is 11.3 Å². The fourth-order valence-electron chi connectivity index (χ4n) is 4.98. The van der Waals surface area contributed by atoms with Crippen molar-refractivity contribution in [2.24, 2.45) is 0 Å². The monoisotopic (exact) mass is 642 g/mol. The number of halogens is 1. The van der Waals surface area contributed by atoms with Crippen LogP contribution in [0.25, 0.3) is 0 Å². The van der Waals surface area contributed by atoms with Gasteiger partial charge in [-0.15, -0.1) is 0 Å². The summed E-state index contributed by atoms with van der Waals surface area (Å²) >= 11 is 1.64. The zero-order chi connectivity index (χ0) is 28.4. The Balaban J connectivity index is 0.00000588. The van der Waals surface area contributed by atoms with Gasteiger partial charge in [-0.2, -0.15) is 4.57 Å². The van der Waals surface area contributed by atoms with Gasteiger partial charge in [0.05, 0.1) is 29.7 Å². The molecule has 0 bridgehead atoms. The molecule has 0 unspecified atom stereocenters. The third-order valence-electron chi connectivity index (χ3n) is 7.24. The Hall–Kier alpha value is -2.51. The molecule has 5 nitrogen and oxygen atoms in total. The van der Waals surface area contributed by atoms with Crippen LogP contribution in [0.4, 0.5) is 5.69 Å². The first kappa shape index (κ1) is 34.7. The summed E-state index contributed by atoms with van der Waals surface area (Å²) in [6.45, 7) is 5.05. The SMILES string of the molecule is CCCCCCCCCCCCCCOc1c(CC(=O)Nc2ccccc2C[n+]2ccsc2)cccc1C(C)=O.[Br-]. The van der Waals surface area contributed by atoms with Crippen LogP contribution in [0.3, 0.4) is 0 Å². The number of Topliss-reactive ketones (excluding diaryl/α,β-unsaturated/α-hetero) is 1. The maximum absolute atomic E-state index is 13.1. The lowest BCUT2D eigenvalue weighted by atomic mass is 10.0. The van der Waals surface area contributed by atoms with Crippen molar-refractivity contribution in [3.8, 4) is 5.75 Å². The highest BCUT2D eigenvalue weighted by molar-refractivity contribution is 7.07. The van der Waals surface area contributed by atoms with E-state index in [0.29, 0.717) is 24.5 Å². The Kier molecular flexibility index (Phi) is 17.2. The number of hydrogen-bond donors (Lipinski definition) is 1. The van der Waals surface area contributed by atoms with Gasteiger partial charge >= 0.3 is 0 Å². The number of ether oxygens (including phenoxy) is 1. The molecule has 224 valence electrons. The van der Waals surface area contributed by atoms with Gasteiger partial charge in [0.15, 0.2) is 18.5 Å². The standard InChI is InChI=1S/C34H46N2O3S.BrH/c1-3-4-5-6-7-8-9-10-11-12-13-16-23-39-34-29(19-17-20-31(34)28(2)37)25-33(38)35-32-21-15-14-18-30(32)26-36-22-24-40-27-36;/h14-15,17-22,24,27H,3-13,16,23,25-26H2,1-2H3;1H. The molecule has 0 aliphatic carbocycles. The van der Waals surface area contributed by atoms with E-state index in [0.717, 1.165) is 29.7 Å². The topological polar surface area (TPSA) is 59.3 Å². The van der Waals surface area contributed by atoms with Gasteiger partial charge in [-0.1, -0.05) is 119 Å². The summed E-state index contributed by atoms with van der Waals surface area (Å²) in [5.41, 5.74) is 5.17. The molecule has 3 rings (SSSR count). The fraction of sp³-hybridized carbons (Fsp3) is 0.500. The quantitative estimate of drug-likeness (QED) is 0.0999. The first-order chi connectivity index (χ1) is 19.6. The second-order valence-electron chi connectivity index (χ2n) is 10.7. The van der Waals surface area contributed by atoms with Gasteiger partial charge in [-0.25, -0.2) is 0 Å². The van der Waals surface area contributed by atoms with E-state index in [1.807, 2.05) is 53.5 Å². The van der Waals surface area contributed by atoms with Crippen molar-refractivity contribution in [1.82, 2.24) is 0 Å². The van der Waals surface area contributed by atoms with E-state index < -0.39 is 0 Å². The molecule has 0 saturated heterocycles. The molecule has 1 heterocycles. The molecule has 7 heteroatoms. The van der Waals surface area contributed by atoms with Gasteiger partial charge < -0.3 is 27.0 Å². The van der Waals surface area contributed by atoms with Gasteiger partial charge in [0.25, 0.3) is 0 Å². The van der Waals surface area contributed by atoms with Gasteiger partial charge in [0, 0.05) is 11.1 Å². The van der Waals surface area contributed by atoms with E-state index in [1.165, 1.54) is 64.2 Å². The number of nitrogens with one attached hydrogen (secondary N) is 1. The van der Waals surface area contributed by atoms with Crippen LogP contribution in [0.1, 0.15) is 112 Å². The number of nitrogens with zero attached hydrogens (tertiary/aromatic N) is 1. The zero-order valence-corrected chi connectivity index (χ0v) is 27.2. The number of anilines is 1. The Morgan fingerprint density at radius 2 is 1.46 bits per heavy atom. The number of hydrogen-bond acceptors (Lipinski definition) is 4. The minimum Gasteiger partial charge on any atom is -1.00 e. The summed E-state index contributed by atoms with van der Waals surface area (Å²) in [5.74, 6) is 0.374. The lowest BCUT2D eigenvalue weighted by Gasteiger charge is -2.15. The Bertz CT molecular complexity index is 1170. The smallest absolute Gasteiger partial charge is 0.228 e. The summed E-state index contributed by atoms with van der Waals surface area (Å²) in [5, 5.41) is 5.11. The molecule has 0 spiro atoms. The number of aromatic nitrogens is 1. The summed E-state index contributed by atoms with van der Waals surface area (Å²) < 4.78 is 8.25. The minimum absolute atomic E-state index is 0. The van der Waals surface area contributed by atoms with Crippen LogP contribution in [-0.2, 0) is 17.8 Å². The molecule has 1 N–H and O–H groups in total. The molecular weight excluding hydrogens is 596 g/mol.